The largest absolute Gasteiger partial charge is 0.507 e. The van der Waals surface area contributed by atoms with Crippen LogP contribution in [0, 0.1) is 0 Å². The maximum atomic E-state index is 12.0. The third-order valence-electron chi connectivity index (χ3n) is 5.04. The van der Waals surface area contributed by atoms with Crippen LogP contribution in [-0.4, -0.2) is 30.7 Å². The fourth-order valence-corrected chi connectivity index (χ4v) is 3.46. The van der Waals surface area contributed by atoms with Crippen molar-refractivity contribution in [3.05, 3.63) is 59.2 Å². The van der Waals surface area contributed by atoms with Gasteiger partial charge >= 0.3 is 0 Å². The van der Waals surface area contributed by atoms with Crippen LogP contribution in [0.5, 0.6) is 11.5 Å². The van der Waals surface area contributed by atoms with Crippen LogP contribution in [-0.2, 0) is 16.1 Å². The van der Waals surface area contributed by atoms with Gasteiger partial charge in [0.25, 0.3) is 0 Å². The molecule has 2 aromatic rings. The molecule has 2 unspecified atom stereocenters. The molecule has 28 heavy (non-hydrogen) atoms. The van der Waals surface area contributed by atoms with Crippen molar-refractivity contribution < 1.29 is 24.1 Å². The molecule has 1 aliphatic rings. The van der Waals surface area contributed by atoms with Gasteiger partial charge in [-0.25, -0.2) is 0 Å². The normalized spacial score (nSPS) is 19.4. The van der Waals surface area contributed by atoms with E-state index in [-0.39, 0.29) is 23.7 Å². The molecule has 0 saturated carbocycles. The van der Waals surface area contributed by atoms with Crippen LogP contribution in [0.4, 0.5) is 0 Å². The average Bonchev–Trinajstić information content (AvgIpc) is 2.72. The Morgan fingerprint density at radius 1 is 1.25 bits per heavy atom. The van der Waals surface area contributed by atoms with Gasteiger partial charge in [0, 0.05) is 32.6 Å². The molecule has 0 spiro atoms. The summed E-state index contributed by atoms with van der Waals surface area (Å²) in [6.07, 6.45) is 3.22. The van der Waals surface area contributed by atoms with Crippen LogP contribution < -0.4 is 4.74 Å². The Morgan fingerprint density at radius 2 is 2.11 bits per heavy atom. The van der Waals surface area contributed by atoms with Crippen LogP contribution in [0.25, 0.3) is 0 Å². The number of carbonyl (C=O) groups excluding carboxylic acids is 1. The number of carbonyl (C=O) groups is 1. The van der Waals surface area contributed by atoms with Gasteiger partial charge in [0.1, 0.15) is 18.1 Å². The second kappa shape index (κ2) is 9.71. The van der Waals surface area contributed by atoms with Crippen molar-refractivity contribution in [3.63, 3.8) is 0 Å². The third-order valence-corrected chi connectivity index (χ3v) is 5.04. The topological polar surface area (TPSA) is 65.0 Å². The lowest BCUT2D eigenvalue weighted by molar-refractivity contribution is -0.0599. The van der Waals surface area contributed by atoms with E-state index in [0.717, 1.165) is 30.4 Å². The van der Waals surface area contributed by atoms with Gasteiger partial charge in [0.05, 0.1) is 17.8 Å². The molecule has 0 aromatic heterocycles. The van der Waals surface area contributed by atoms with E-state index in [4.69, 9.17) is 14.2 Å². The first kappa shape index (κ1) is 20.4. The van der Waals surface area contributed by atoms with E-state index in [9.17, 15) is 9.90 Å². The van der Waals surface area contributed by atoms with Gasteiger partial charge in [0.15, 0.2) is 5.78 Å². The Bertz CT molecular complexity index is 801. The zero-order valence-corrected chi connectivity index (χ0v) is 16.5. The van der Waals surface area contributed by atoms with Crippen LogP contribution >= 0.6 is 0 Å². The summed E-state index contributed by atoms with van der Waals surface area (Å²) in [5.74, 6) is 0.441. The minimum atomic E-state index is -0.0545. The fraction of sp³-hybridized carbons (Fsp3) is 0.435. The van der Waals surface area contributed by atoms with Gasteiger partial charge in [-0.05, 0) is 42.2 Å². The number of aromatic hydroxyl groups is 1. The molecule has 2 aromatic carbocycles. The number of Topliss-reactive ketones (excluding diaryl/α,β-unsaturated/α-hetero) is 1. The Balaban J connectivity index is 1.63. The van der Waals surface area contributed by atoms with E-state index in [1.54, 1.807) is 19.2 Å². The number of methoxy groups -OCH3 is 1. The summed E-state index contributed by atoms with van der Waals surface area (Å²) in [7, 11) is 1.74. The number of rotatable bonds is 8. The molecule has 5 nitrogen and oxygen atoms in total. The van der Waals surface area contributed by atoms with E-state index in [2.05, 4.69) is 12.1 Å². The number of ketones is 1. The van der Waals surface area contributed by atoms with Crippen LogP contribution in [0.15, 0.2) is 42.5 Å². The zero-order chi connectivity index (χ0) is 19.9. The molecule has 0 aliphatic carbocycles. The van der Waals surface area contributed by atoms with Gasteiger partial charge in [-0.2, -0.15) is 0 Å². The highest BCUT2D eigenvalue weighted by molar-refractivity contribution is 5.98. The summed E-state index contributed by atoms with van der Waals surface area (Å²) in [5.41, 5.74) is 2.48. The van der Waals surface area contributed by atoms with Crippen molar-refractivity contribution in [3.8, 4) is 11.5 Å². The maximum absolute atomic E-state index is 12.0. The summed E-state index contributed by atoms with van der Waals surface area (Å²) < 4.78 is 17.2. The minimum absolute atomic E-state index is 0.0338. The molecule has 150 valence electrons. The summed E-state index contributed by atoms with van der Waals surface area (Å²) in [6, 6.07) is 13.0. The van der Waals surface area contributed by atoms with Gasteiger partial charge < -0.3 is 19.3 Å². The first-order chi connectivity index (χ1) is 13.6. The number of benzene rings is 2. The molecule has 1 heterocycles. The molecule has 1 saturated heterocycles. The molecule has 0 bridgehead atoms. The highest BCUT2D eigenvalue weighted by Crippen LogP contribution is 2.30. The SMILES string of the molecule is CCCC(=O)c1ccc(OCc2cccc(C3CC(OC)CCO3)c2)cc1O. The lowest BCUT2D eigenvalue weighted by atomic mass is 9.98. The van der Waals surface area contributed by atoms with Crippen LogP contribution in [0.3, 0.4) is 0 Å². The van der Waals surface area contributed by atoms with Gasteiger partial charge in [-0.15, -0.1) is 0 Å². The molecule has 3 rings (SSSR count). The summed E-state index contributed by atoms with van der Waals surface area (Å²) >= 11 is 0. The standard InChI is InChI=1S/C23H28O5/c1-3-5-21(24)20-9-8-19(13-22(20)25)28-15-16-6-4-7-17(12-16)23-14-18(26-2)10-11-27-23/h4,6-9,12-13,18,23,25H,3,5,10-11,14-15H2,1-2H3. The first-order valence-corrected chi connectivity index (χ1v) is 9.83. The maximum Gasteiger partial charge on any atom is 0.166 e. The number of hydrogen-bond donors (Lipinski definition) is 1. The summed E-state index contributed by atoms with van der Waals surface area (Å²) in [5, 5.41) is 10.1. The lowest BCUT2D eigenvalue weighted by Crippen LogP contribution is -2.25. The Morgan fingerprint density at radius 3 is 2.86 bits per heavy atom. The number of phenols is 1. The molecule has 2 atom stereocenters. The van der Waals surface area contributed by atoms with Crippen molar-refractivity contribution >= 4 is 5.78 Å². The van der Waals surface area contributed by atoms with Gasteiger partial charge in [-0.3, -0.25) is 4.79 Å². The third kappa shape index (κ3) is 5.12. The molecule has 0 radical (unpaired) electrons. The quantitative estimate of drug-likeness (QED) is 0.661. The predicted octanol–water partition coefficient (Wildman–Crippen LogP) is 4.82. The van der Waals surface area contributed by atoms with Gasteiger partial charge in [-0.1, -0.05) is 25.1 Å². The van der Waals surface area contributed by atoms with Crippen molar-refractivity contribution in [2.24, 2.45) is 0 Å². The van der Waals surface area contributed by atoms with Crippen molar-refractivity contribution in [1.82, 2.24) is 0 Å². The summed E-state index contributed by atoms with van der Waals surface area (Å²) in [4.78, 5) is 12.0. The molecular formula is C23H28O5. The Kier molecular flexibility index (Phi) is 7.06. The molecule has 1 fully saturated rings. The monoisotopic (exact) mass is 384 g/mol. The minimum Gasteiger partial charge on any atom is -0.507 e. The van der Waals surface area contributed by atoms with Crippen LogP contribution in [0.1, 0.15) is 60.2 Å². The average molecular weight is 384 g/mol. The molecule has 1 N–H and O–H groups in total. The second-order valence-corrected chi connectivity index (χ2v) is 7.13. The lowest BCUT2D eigenvalue weighted by Gasteiger charge is -2.29. The van der Waals surface area contributed by atoms with Crippen molar-refractivity contribution in [2.75, 3.05) is 13.7 Å². The van der Waals surface area contributed by atoms with E-state index < -0.39 is 0 Å². The van der Waals surface area contributed by atoms with Gasteiger partial charge in [0.2, 0.25) is 0 Å². The smallest absolute Gasteiger partial charge is 0.166 e. The molecular weight excluding hydrogens is 356 g/mol. The highest BCUT2D eigenvalue weighted by atomic mass is 16.5. The Labute approximate surface area is 166 Å². The number of phenolic OH excluding ortho intramolecular Hbond substituents is 1. The van der Waals surface area contributed by atoms with Crippen molar-refractivity contribution in [2.45, 2.75) is 51.4 Å². The summed E-state index contributed by atoms with van der Waals surface area (Å²) in [6.45, 7) is 3.01. The van der Waals surface area contributed by atoms with Crippen molar-refractivity contribution in [1.29, 1.82) is 0 Å². The number of ether oxygens (including phenoxy) is 3. The molecule has 5 heteroatoms. The molecule has 0 amide bonds. The molecule has 1 aliphatic heterocycles. The van der Waals surface area contributed by atoms with E-state index in [1.807, 2.05) is 19.1 Å². The predicted molar refractivity (Wildman–Crippen MR) is 107 cm³/mol. The number of hydrogen-bond acceptors (Lipinski definition) is 5. The first-order valence-electron chi connectivity index (χ1n) is 9.83. The van der Waals surface area contributed by atoms with E-state index in [1.165, 1.54) is 6.07 Å². The zero-order valence-electron chi connectivity index (χ0n) is 16.5. The fourth-order valence-electron chi connectivity index (χ4n) is 3.46. The highest BCUT2D eigenvalue weighted by Gasteiger charge is 2.23. The second-order valence-electron chi connectivity index (χ2n) is 7.13. The van der Waals surface area contributed by atoms with E-state index >= 15 is 0 Å². The van der Waals surface area contributed by atoms with Crippen LogP contribution in [0.2, 0.25) is 0 Å². The Hall–Kier alpha value is -2.37. The van der Waals surface area contributed by atoms with E-state index in [0.29, 0.717) is 30.9 Å².